The largest absolute Gasteiger partial charge is 0.378 e. The topological polar surface area (TPSA) is 15.3 Å². The van der Waals surface area contributed by atoms with Crippen LogP contribution in [0, 0.1) is 0 Å². The lowest BCUT2D eigenvalue weighted by Gasteiger charge is -2.18. The number of allylic oxidation sites excluding steroid dienone is 1. The molecule has 0 aromatic heterocycles. The quantitative estimate of drug-likeness (QED) is 0.738. The van der Waals surface area contributed by atoms with Crippen LogP contribution in [0.1, 0.15) is 24.4 Å². The first-order chi connectivity index (χ1) is 7.69. The van der Waals surface area contributed by atoms with Crippen LogP contribution in [0.2, 0.25) is 0 Å². The molecule has 1 N–H and O–H groups in total. The van der Waals surface area contributed by atoms with Gasteiger partial charge >= 0.3 is 0 Å². The first-order valence-corrected chi connectivity index (χ1v) is 5.74. The highest BCUT2D eigenvalue weighted by Gasteiger charge is 2.07. The van der Waals surface area contributed by atoms with Crippen LogP contribution in [-0.4, -0.2) is 21.1 Å². The van der Waals surface area contributed by atoms with Crippen LogP contribution in [0.15, 0.2) is 36.9 Å². The van der Waals surface area contributed by atoms with Gasteiger partial charge in [-0.05, 0) is 37.6 Å². The van der Waals surface area contributed by atoms with Crippen LogP contribution in [0.3, 0.4) is 0 Å². The van der Waals surface area contributed by atoms with E-state index < -0.39 is 0 Å². The molecule has 88 valence electrons. The van der Waals surface area contributed by atoms with Crippen molar-refractivity contribution in [2.45, 2.75) is 18.9 Å². The van der Waals surface area contributed by atoms with Gasteiger partial charge in [-0.25, -0.2) is 0 Å². The Kier molecular flexibility index (Phi) is 5.06. The van der Waals surface area contributed by atoms with E-state index in [2.05, 4.69) is 55.2 Å². The molecule has 2 nitrogen and oxygen atoms in total. The Morgan fingerprint density at radius 1 is 1.31 bits per heavy atom. The average Bonchev–Trinajstić information content (AvgIpc) is 2.30. The highest BCUT2D eigenvalue weighted by Crippen LogP contribution is 2.21. The normalized spacial score (nSPS) is 12.2. The maximum Gasteiger partial charge on any atom is 0.0361 e. The first-order valence-electron chi connectivity index (χ1n) is 5.74. The number of rotatable bonds is 6. The van der Waals surface area contributed by atoms with Crippen molar-refractivity contribution < 1.29 is 0 Å². The number of nitrogens with zero attached hydrogens (tertiary/aromatic N) is 1. The summed E-state index contributed by atoms with van der Waals surface area (Å²) in [5.41, 5.74) is 2.58. The molecule has 1 atom stereocenters. The molecule has 0 aliphatic heterocycles. The minimum atomic E-state index is 0.425. The van der Waals surface area contributed by atoms with Crippen molar-refractivity contribution in [1.82, 2.24) is 5.32 Å². The van der Waals surface area contributed by atoms with Gasteiger partial charge in [0.05, 0.1) is 0 Å². The summed E-state index contributed by atoms with van der Waals surface area (Å²) in [6, 6.07) is 9.13. The van der Waals surface area contributed by atoms with Gasteiger partial charge in [0.25, 0.3) is 0 Å². The lowest BCUT2D eigenvalue weighted by atomic mass is 10.0. The van der Waals surface area contributed by atoms with E-state index in [1.165, 1.54) is 11.3 Å². The van der Waals surface area contributed by atoms with Gasteiger partial charge in [-0.1, -0.05) is 18.2 Å². The van der Waals surface area contributed by atoms with Gasteiger partial charge in [0.1, 0.15) is 0 Å². The Morgan fingerprint density at radius 2 is 1.94 bits per heavy atom. The van der Waals surface area contributed by atoms with Gasteiger partial charge in [-0.2, -0.15) is 0 Å². The average molecular weight is 218 g/mol. The molecule has 0 heterocycles. The van der Waals surface area contributed by atoms with E-state index in [1.807, 2.05) is 13.1 Å². The van der Waals surface area contributed by atoms with E-state index in [1.54, 1.807) is 0 Å². The van der Waals surface area contributed by atoms with Gasteiger partial charge in [-0.3, -0.25) is 0 Å². The van der Waals surface area contributed by atoms with E-state index in [0.29, 0.717) is 6.04 Å². The Bertz CT molecular complexity index is 314. The van der Waals surface area contributed by atoms with Crippen molar-refractivity contribution >= 4 is 5.69 Å². The molecular formula is C14H22N2. The first kappa shape index (κ1) is 12.8. The summed E-state index contributed by atoms with van der Waals surface area (Å²) in [6.45, 7) is 3.76. The number of anilines is 1. The molecular weight excluding hydrogens is 196 g/mol. The summed E-state index contributed by atoms with van der Waals surface area (Å²) in [5.74, 6) is 0. The van der Waals surface area contributed by atoms with E-state index in [9.17, 15) is 0 Å². The Morgan fingerprint density at radius 3 is 2.38 bits per heavy atom. The zero-order chi connectivity index (χ0) is 12.0. The molecule has 0 saturated heterocycles. The number of hydrogen-bond donors (Lipinski definition) is 1. The summed E-state index contributed by atoms with van der Waals surface area (Å²) in [7, 11) is 6.12. The predicted molar refractivity (Wildman–Crippen MR) is 72.0 cm³/mol. The fraction of sp³-hybridized carbons (Fsp3) is 0.429. The number of nitrogens with one attached hydrogen (secondary N) is 1. The Balaban J connectivity index is 2.73. The molecule has 16 heavy (non-hydrogen) atoms. The third-order valence-corrected chi connectivity index (χ3v) is 2.82. The number of benzene rings is 1. The van der Waals surface area contributed by atoms with Crippen molar-refractivity contribution in [2.75, 3.05) is 26.0 Å². The molecule has 2 heteroatoms. The van der Waals surface area contributed by atoms with Crippen LogP contribution >= 0.6 is 0 Å². The minimum absolute atomic E-state index is 0.425. The monoisotopic (exact) mass is 218 g/mol. The third kappa shape index (κ3) is 3.38. The molecule has 0 aliphatic rings. The van der Waals surface area contributed by atoms with E-state index in [4.69, 9.17) is 0 Å². The smallest absolute Gasteiger partial charge is 0.0361 e. The lowest BCUT2D eigenvalue weighted by Crippen LogP contribution is -2.16. The summed E-state index contributed by atoms with van der Waals surface area (Å²) >= 11 is 0. The molecule has 0 amide bonds. The second-order valence-corrected chi connectivity index (χ2v) is 4.19. The van der Waals surface area contributed by atoms with Crippen LogP contribution in [0.5, 0.6) is 0 Å². The standard InChI is InChI=1S/C14H22N2/c1-5-6-7-14(15-2)12-8-10-13(11-9-12)16(3)4/h5,8-11,14-15H,1,6-7H2,2-4H3. The fourth-order valence-corrected chi connectivity index (χ4v) is 1.77. The minimum Gasteiger partial charge on any atom is -0.378 e. The second kappa shape index (κ2) is 6.33. The van der Waals surface area contributed by atoms with E-state index in [-0.39, 0.29) is 0 Å². The Hall–Kier alpha value is -1.28. The van der Waals surface area contributed by atoms with Gasteiger partial charge < -0.3 is 10.2 Å². The summed E-state index contributed by atoms with van der Waals surface area (Å²) < 4.78 is 0. The van der Waals surface area contributed by atoms with Crippen LogP contribution in [-0.2, 0) is 0 Å². The van der Waals surface area contributed by atoms with Gasteiger partial charge in [0.2, 0.25) is 0 Å². The molecule has 1 aromatic carbocycles. The zero-order valence-electron chi connectivity index (χ0n) is 10.5. The van der Waals surface area contributed by atoms with Crippen molar-refractivity contribution in [3.8, 4) is 0 Å². The van der Waals surface area contributed by atoms with Crippen molar-refractivity contribution in [3.63, 3.8) is 0 Å². The van der Waals surface area contributed by atoms with E-state index in [0.717, 1.165) is 12.8 Å². The highest BCUT2D eigenvalue weighted by atomic mass is 15.1. The van der Waals surface area contributed by atoms with Gasteiger partial charge in [0, 0.05) is 25.8 Å². The third-order valence-electron chi connectivity index (χ3n) is 2.82. The zero-order valence-corrected chi connectivity index (χ0v) is 10.5. The summed E-state index contributed by atoms with van der Waals surface area (Å²) in [4.78, 5) is 2.11. The number of hydrogen-bond acceptors (Lipinski definition) is 2. The molecule has 0 fully saturated rings. The molecule has 0 saturated carbocycles. The van der Waals surface area contributed by atoms with Crippen LogP contribution in [0.4, 0.5) is 5.69 Å². The lowest BCUT2D eigenvalue weighted by molar-refractivity contribution is 0.555. The van der Waals surface area contributed by atoms with E-state index >= 15 is 0 Å². The van der Waals surface area contributed by atoms with Crippen molar-refractivity contribution in [3.05, 3.63) is 42.5 Å². The highest BCUT2D eigenvalue weighted by molar-refractivity contribution is 5.46. The molecule has 0 spiro atoms. The fourth-order valence-electron chi connectivity index (χ4n) is 1.77. The van der Waals surface area contributed by atoms with Crippen molar-refractivity contribution in [2.24, 2.45) is 0 Å². The molecule has 0 aliphatic carbocycles. The maximum atomic E-state index is 3.76. The second-order valence-electron chi connectivity index (χ2n) is 4.19. The summed E-state index contributed by atoms with van der Waals surface area (Å²) in [5, 5.41) is 3.34. The molecule has 1 unspecified atom stereocenters. The molecule has 1 rings (SSSR count). The summed E-state index contributed by atoms with van der Waals surface area (Å²) in [6.07, 6.45) is 4.11. The Labute approximate surface area is 99.0 Å². The molecule has 0 bridgehead atoms. The maximum absolute atomic E-state index is 3.76. The predicted octanol–water partition coefficient (Wildman–Crippen LogP) is 2.98. The van der Waals surface area contributed by atoms with Gasteiger partial charge in [0.15, 0.2) is 0 Å². The van der Waals surface area contributed by atoms with Gasteiger partial charge in [-0.15, -0.1) is 6.58 Å². The molecule has 0 radical (unpaired) electrons. The van der Waals surface area contributed by atoms with Crippen LogP contribution < -0.4 is 10.2 Å². The SMILES string of the molecule is C=CCCC(NC)c1ccc(N(C)C)cc1. The van der Waals surface area contributed by atoms with Crippen LogP contribution in [0.25, 0.3) is 0 Å². The van der Waals surface area contributed by atoms with Crippen molar-refractivity contribution in [1.29, 1.82) is 0 Å². The molecule has 1 aromatic rings.